The molecular formula is C14H19N3O. The van der Waals surface area contributed by atoms with Gasteiger partial charge in [0, 0.05) is 24.3 Å². The monoisotopic (exact) mass is 245 g/mol. The van der Waals surface area contributed by atoms with E-state index in [0.717, 1.165) is 17.9 Å². The van der Waals surface area contributed by atoms with Crippen molar-refractivity contribution in [1.82, 2.24) is 4.98 Å². The van der Waals surface area contributed by atoms with Crippen molar-refractivity contribution in [2.45, 2.75) is 39.3 Å². The third-order valence-corrected chi connectivity index (χ3v) is 3.87. The van der Waals surface area contributed by atoms with Crippen LogP contribution in [0.2, 0.25) is 0 Å². The van der Waals surface area contributed by atoms with E-state index in [-0.39, 0.29) is 11.5 Å². The van der Waals surface area contributed by atoms with Crippen LogP contribution in [0.3, 0.4) is 0 Å². The second kappa shape index (κ2) is 4.58. The summed E-state index contributed by atoms with van der Waals surface area (Å²) in [4.78, 5) is 4.42. The Bertz CT molecular complexity index is 490. The predicted molar refractivity (Wildman–Crippen MR) is 70.3 cm³/mol. The maximum atomic E-state index is 8.95. The average Bonchev–Trinajstić information content (AvgIpc) is 2.33. The molecule has 2 rings (SSSR count). The minimum Gasteiger partial charge on any atom is -0.381 e. The smallest absolute Gasteiger partial charge is 0.127 e. The Morgan fingerprint density at radius 1 is 1.50 bits per heavy atom. The maximum Gasteiger partial charge on any atom is 0.127 e. The first-order valence-electron chi connectivity index (χ1n) is 6.15. The summed E-state index contributed by atoms with van der Waals surface area (Å²) in [6.45, 7) is 6.27. The molecule has 18 heavy (non-hydrogen) atoms. The lowest BCUT2D eigenvalue weighted by molar-refractivity contribution is -0.0795. The first kappa shape index (κ1) is 12.8. The van der Waals surface area contributed by atoms with Crippen LogP contribution in [0.4, 0.5) is 5.82 Å². The van der Waals surface area contributed by atoms with E-state index in [1.807, 2.05) is 6.92 Å². The zero-order valence-electron chi connectivity index (χ0n) is 11.3. The van der Waals surface area contributed by atoms with Gasteiger partial charge in [-0.25, -0.2) is 4.98 Å². The molecule has 1 N–H and O–H groups in total. The summed E-state index contributed by atoms with van der Waals surface area (Å²) in [6.07, 6.45) is 1.26. The Balaban J connectivity index is 2.12. The molecule has 1 heterocycles. The minimum absolute atomic E-state index is 0.0903. The molecular weight excluding hydrogens is 226 g/mol. The first-order valence-corrected chi connectivity index (χ1v) is 6.15. The van der Waals surface area contributed by atoms with Crippen molar-refractivity contribution in [3.05, 3.63) is 23.4 Å². The van der Waals surface area contributed by atoms with Gasteiger partial charge in [0.1, 0.15) is 5.82 Å². The number of nitrogens with one attached hydrogen (secondary N) is 1. The minimum atomic E-state index is 0.0903. The molecule has 0 aliphatic heterocycles. The molecule has 2 atom stereocenters. The fraction of sp³-hybridized carbons (Fsp3) is 0.571. The van der Waals surface area contributed by atoms with E-state index in [4.69, 9.17) is 10.00 Å². The summed E-state index contributed by atoms with van der Waals surface area (Å²) in [6, 6.07) is 6.07. The lowest BCUT2D eigenvalue weighted by Crippen LogP contribution is -2.57. The molecule has 1 fully saturated rings. The van der Waals surface area contributed by atoms with Crippen molar-refractivity contribution < 1.29 is 4.74 Å². The average molecular weight is 245 g/mol. The highest BCUT2D eigenvalue weighted by Crippen LogP contribution is 2.43. The van der Waals surface area contributed by atoms with Gasteiger partial charge in [0.05, 0.1) is 17.7 Å². The van der Waals surface area contributed by atoms with E-state index < -0.39 is 0 Å². The van der Waals surface area contributed by atoms with Crippen LogP contribution in [0.1, 0.15) is 31.5 Å². The number of ether oxygens (including phenoxy) is 1. The first-order chi connectivity index (χ1) is 8.47. The fourth-order valence-corrected chi connectivity index (χ4v) is 2.52. The number of rotatable bonds is 3. The molecule has 0 aromatic carbocycles. The topological polar surface area (TPSA) is 57.9 Å². The highest BCUT2D eigenvalue weighted by Gasteiger charge is 2.48. The molecule has 2 unspecified atom stereocenters. The van der Waals surface area contributed by atoms with Crippen molar-refractivity contribution in [2.24, 2.45) is 5.41 Å². The van der Waals surface area contributed by atoms with Gasteiger partial charge < -0.3 is 10.1 Å². The van der Waals surface area contributed by atoms with E-state index in [0.29, 0.717) is 11.6 Å². The number of anilines is 1. The van der Waals surface area contributed by atoms with Crippen LogP contribution in [-0.4, -0.2) is 24.2 Å². The van der Waals surface area contributed by atoms with E-state index in [1.165, 1.54) is 0 Å². The number of nitriles is 1. The van der Waals surface area contributed by atoms with Crippen molar-refractivity contribution >= 4 is 5.82 Å². The van der Waals surface area contributed by atoms with Gasteiger partial charge in [0.15, 0.2) is 0 Å². The predicted octanol–water partition coefficient (Wildman–Crippen LogP) is 2.49. The van der Waals surface area contributed by atoms with Crippen molar-refractivity contribution in [3.63, 3.8) is 0 Å². The summed E-state index contributed by atoms with van der Waals surface area (Å²) in [5, 5.41) is 12.4. The number of nitrogens with zero attached hydrogens (tertiary/aromatic N) is 2. The molecule has 1 aromatic heterocycles. The molecule has 1 aliphatic rings. The van der Waals surface area contributed by atoms with Crippen LogP contribution in [0, 0.1) is 23.7 Å². The lowest BCUT2D eigenvalue weighted by Gasteiger charge is -2.51. The van der Waals surface area contributed by atoms with Crippen molar-refractivity contribution in [2.75, 3.05) is 12.4 Å². The third-order valence-electron chi connectivity index (χ3n) is 3.87. The Morgan fingerprint density at radius 3 is 2.78 bits per heavy atom. The number of aromatic nitrogens is 1. The molecule has 0 bridgehead atoms. The van der Waals surface area contributed by atoms with Gasteiger partial charge in [0.2, 0.25) is 0 Å². The Labute approximate surface area is 108 Å². The highest BCUT2D eigenvalue weighted by molar-refractivity contribution is 5.46. The SMILES string of the molecule is COC1CC(Nc2cc(C#N)cc(C)n2)C1(C)C. The molecule has 96 valence electrons. The van der Waals surface area contributed by atoms with E-state index in [2.05, 4.69) is 30.2 Å². The Hall–Kier alpha value is -1.60. The van der Waals surface area contributed by atoms with Gasteiger partial charge in [0.25, 0.3) is 0 Å². The molecule has 0 spiro atoms. The fourth-order valence-electron chi connectivity index (χ4n) is 2.52. The number of methoxy groups -OCH3 is 1. The van der Waals surface area contributed by atoms with E-state index in [1.54, 1.807) is 19.2 Å². The van der Waals surface area contributed by atoms with E-state index in [9.17, 15) is 0 Å². The van der Waals surface area contributed by atoms with E-state index >= 15 is 0 Å². The molecule has 1 aromatic rings. The number of aryl methyl sites for hydroxylation is 1. The standard InChI is InChI=1S/C14H19N3O/c1-9-5-10(8-15)6-13(16-9)17-11-7-12(18-4)14(11,2)3/h5-6,11-12H,7H2,1-4H3,(H,16,17). The van der Waals surface area contributed by atoms with Gasteiger partial charge in [-0.15, -0.1) is 0 Å². The second-order valence-electron chi connectivity index (χ2n) is 5.47. The molecule has 0 radical (unpaired) electrons. The largest absolute Gasteiger partial charge is 0.381 e. The molecule has 4 nitrogen and oxygen atoms in total. The Morgan fingerprint density at radius 2 is 2.22 bits per heavy atom. The van der Waals surface area contributed by atoms with Crippen molar-refractivity contribution in [1.29, 1.82) is 5.26 Å². The van der Waals surface area contributed by atoms with Crippen LogP contribution < -0.4 is 5.32 Å². The Kier molecular flexibility index (Phi) is 3.27. The second-order valence-corrected chi connectivity index (χ2v) is 5.47. The summed E-state index contributed by atoms with van der Waals surface area (Å²) in [7, 11) is 1.75. The summed E-state index contributed by atoms with van der Waals surface area (Å²) in [5.74, 6) is 0.777. The number of hydrogen-bond acceptors (Lipinski definition) is 4. The van der Waals surface area contributed by atoms with Crippen LogP contribution in [0.25, 0.3) is 0 Å². The lowest BCUT2D eigenvalue weighted by atomic mass is 9.64. The number of pyridine rings is 1. The summed E-state index contributed by atoms with van der Waals surface area (Å²) in [5.41, 5.74) is 1.59. The quantitative estimate of drug-likeness (QED) is 0.888. The normalized spacial score (nSPS) is 25.1. The zero-order valence-corrected chi connectivity index (χ0v) is 11.3. The van der Waals surface area contributed by atoms with Gasteiger partial charge in [-0.2, -0.15) is 5.26 Å². The van der Waals surface area contributed by atoms with Gasteiger partial charge in [-0.05, 0) is 25.5 Å². The molecule has 1 saturated carbocycles. The van der Waals surface area contributed by atoms with Crippen LogP contribution >= 0.6 is 0 Å². The molecule has 1 aliphatic carbocycles. The van der Waals surface area contributed by atoms with Crippen LogP contribution in [0.5, 0.6) is 0 Å². The van der Waals surface area contributed by atoms with Gasteiger partial charge in [-0.3, -0.25) is 0 Å². The highest BCUT2D eigenvalue weighted by atomic mass is 16.5. The maximum absolute atomic E-state index is 8.95. The van der Waals surface area contributed by atoms with Crippen LogP contribution in [-0.2, 0) is 4.74 Å². The molecule has 0 amide bonds. The zero-order chi connectivity index (χ0) is 13.3. The summed E-state index contributed by atoms with van der Waals surface area (Å²) < 4.78 is 5.43. The molecule has 0 saturated heterocycles. The van der Waals surface area contributed by atoms with Crippen molar-refractivity contribution in [3.8, 4) is 6.07 Å². The van der Waals surface area contributed by atoms with Gasteiger partial charge in [-0.1, -0.05) is 13.8 Å². The van der Waals surface area contributed by atoms with Gasteiger partial charge >= 0.3 is 0 Å². The number of hydrogen-bond donors (Lipinski definition) is 1. The van der Waals surface area contributed by atoms with Crippen LogP contribution in [0.15, 0.2) is 12.1 Å². The third kappa shape index (κ3) is 2.19. The molecule has 4 heteroatoms. The summed E-state index contributed by atoms with van der Waals surface area (Å²) >= 11 is 0.